The van der Waals surface area contributed by atoms with Gasteiger partial charge in [0.1, 0.15) is 21.5 Å². The van der Waals surface area contributed by atoms with Crippen molar-refractivity contribution in [3.8, 4) is 11.4 Å². The van der Waals surface area contributed by atoms with E-state index in [1.165, 1.54) is 16.5 Å². The summed E-state index contributed by atoms with van der Waals surface area (Å²) in [5.74, 6) is 0.944. The van der Waals surface area contributed by atoms with Crippen molar-refractivity contribution in [2.45, 2.75) is 26.2 Å². The Hall–Kier alpha value is -1.96. The summed E-state index contributed by atoms with van der Waals surface area (Å²) in [6, 6.07) is 13.0. The molecule has 2 nitrogen and oxygen atoms in total. The van der Waals surface area contributed by atoms with Crippen molar-refractivity contribution in [3.63, 3.8) is 0 Å². The number of rotatable bonds is 1. The van der Waals surface area contributed by atoms with Crippen LogP contribution in [-0.2, 0) is 5.41 Å². The Morgan fingerprint density at radius 3 is 2.29 bits per heavy atom. The first-order valence-electron chi connectivity index (χ1n) is 7.42. The minimum absolute atomic E-state index is 0.181. The van der Waals surface area contributed by atoms with Crippen molar-refractivity contribution in [2.24, 2.45) is 0 Å². The van der Waals surface area contributed by atoms with E-state index >= 15 is 0 Å². The Morgan fingerprint density at radius 2 is 1.67 bits per heavy atom. The zero-order valence-corrected chi connectivity index (χ0v) is 13.4. The molecular weight excluding hydrogens is 254 g/mol. The lowest BCUT2D eigenvalue weighted by molar-refractivity contribution is 0.590. The number of nitrogens with one attached hydrogen (secondary N) is 1. The topological polar surface area (TPSA) is 28.7 Å². The molecule has 0 spiro atoms. The third-order valence-electron chi connectivity index (χ3n) is 3.95. The van der Waals surface area contributed by atoms with E-state index in [9.17, 15) is 0 Å². The fourth-order valence-corrected chi connectivity index (χ4v) is 2.74. The molecule has 0 radical (unpaired) electrons. The molecule has 0 atom stereocenters. The number of H-pyrrole nitrogens is 1. The van der Waals surface area contributed by atoms with Gasteiger partial charge < -0.3 is 4.98 Å². The SMILES string of the molecule is Bc1cc(B)c2nc(-c3ccc(C(C)(C)C)cc3)[nH]c2c1. The number of nitrogens with zero attached hydrogens (tertiary/aromatic N) is 1. The molecule has 0 unspecified atom stereocenters. The third-order valence-corrected chi connectivity index (χ3v) is 3.95. The number of aromatic amines is 1. The Labute approximate surface area is 127 Å². The van der Waals surface area contributed by atoms with E-state index in [0.29, 0.717) is 0 Å². The second kappa shape index (κ2) is 4.80. The molecule has 0 aliphatic rings. The maximum atomic E-state index is 4.76. The van der Waals surface area contributed by atoms with Crippen molar-refractivity contribution < 1.29 is 0 Å². The Kier molecular flexibility index (Phi) is 3.20. The number of hydrogen-bond acceptors (Lipinski definition) is 1. The van der Waals surface area contributed by atoms with Gasteiger partial charge in [0.15, 0.2) is 0 Å². The largest absolute Gasteiger partial charge is 0.338 e. The monoisotopic (exact) mass is 274 g/mol. The fourth-order valence-electron chi connectivity index (χ4n) is 2.74. The summed E-state index contributed by atoms with van der Waals surface area (Å²) in [5.41, 5.74) is 7.32. The first-order chi connectivity index (χ1) is 9.84. The van der Waals surface area contributed by atoms with Crippen LogP contribution in [0.5, 0.6) is 0 Å². The highest BCUT2D eigenvalue weighted by atomic mass is 14.9. The lowest BCUT2D eigenvalue weighted by atomic mass is 9.86. The van der Waals surface area contributed by atoms with Gasteiger partial charge in [-0.25, -0.2) is 4.98 Å². The van der Waals surface area contributed by atoms with Gasteiger partial charge >= 0.3 is 0 Å². The van der Waals surface area contributed by atoms with E-state index in [1.54, 1.807) is 0 Å². The molecule has 2 aromatic carbocycles. The normalized spacial score (nSPS) is 12.0. The van der Waals surface area contributed by atoms with Gasteiger partial charge in [-0.05, 0) is 17.0 Å². The zero-order chi connectivity index (χ0) is 15.2. The molecule has 1 aromatic heterocycles. The molecule has 3 rings (SSSR count). The number of fused-ring (bicyclic) bond motifs is 1. The van der Waals surface area contributed by atoms with Gasteiger partial charge in [-0.1, -0.05) is 62.0 Å². The van der Waals surface area contributed by atoms with E-state index in [-0.39, 0.29) is 5.41 Å². The Morgan fingerprint density at radius 1 is 1.00 bits per heavy atom. The van der Waals surface area contributed by atoms with Crippen LogP contribution in [0.15, 0.2) is 36.4 Å². The number of benzene rings is 2. The average Bonchev–Trinajstić information content (AvgIpc) is 2.82. The molecule has 4 heteroatoms. The van der Waals surface area contributed by atoms with Gasteiger partial charge in [-0.3, -0.25) is 0 Å². The molecule has 1 N–H and O–H groups in total. The molecule has 0 saturated heterocycles. The van der Waals surface area contributed by atoms with E-state index in [2.05, 4.69) is 77.8 Å². The van der Waals surface area contributed by atoms with Gasteiger partial charge in [0, 0.05) is 5.56 Å². The summed E-state index contributed by atoms with van der Waals surface area (Å²) in [5, 5.41) is 0. The Bertz CT molecular complexity index is 796. The minimum Gasteiger partial charge on any atom is -0.338 e. The highest BCUT2D eigenvalue weighted by Crippen LogP contribution is 2.25. The average molecular weight is 274 g/mol. The van der Waals surface area contributed by atoms with Crippen LogP contribution in [0.3, 0.4) is 0 Å². The van der Waals surface area contributed by atoms with Crippen molar-refractivity contribution >= 4 is 37.7 Å². The predicted molar refractivity (Wildman–Crippen MR) is 96.6 cm³/mol. The molecule has 0 fully saturated rings. The maximum Gasteiger partial charge on any atom is 0.142 e. The van der Waals surface area contributed by atoms with Crippen LogP contribution in [-0.4, -0.2) is 25.7 Å². The van der Waals surface area contributed by atoms with Crippen LogP contribution in [0.1, 0.15) is 26.3 Å². The fraction of sp³-hybridized carbons (Fsp3) is 0.235. The molecule has 0 aliphatic carbocycles. The van der Waals surface area contributed by atoms with Crippen LogP contribution < -0.4 is 10.9 Å². The summed E-state index contributed by atoms with van der Waals surface area (Å²) in [7, 11) is 4.23. The summed E-state index contributed by atoms with van der Waals surface area (Å²) in [6.45, 7) is 6.69. The van der Waals surface area contributed by atoms with E-state index < -0.39 is 0 Å². The minimum atomic E-state index is 0.181. The maximum absolute atomic E-state index is 4.76. The third kappa shape index (κ3) is 2.63. The van der Waals surface area contributed by atoms with Crippen LogP contribution >= 0.6 is 0 Å². The van der Waals surface area contributed by atoms with Crippen LogP contribution in [0, 0.1) is 0 Å². The predicted octanol–water partition coefficient (Wildman–Crippen LogP) is 1.04. The second-order valence-electron chi connectivity index (χ2n) is 6.89. The molecular formula is C17H20B2N2. The highest BCUT2D eigenvalue weighted by molar-refractivity contribution is 6.42. The lowest BCUT2D eigenvalue weighted by Gasteiger charge is -2.18. The van der Waals surface area contributed by atoms with Gasteiger partial charge in [0.2, 0.25) is 0 Å². The van der Waals surface area contributed by atoms with Gasteiger partial charge in [-0.2, -0.15) is 0 Å². The lowest BCUT2D eigenvalue weighted by Crippen LogP contribution is -2.13. The van der Waals surface area contributed by atoms with Crippen LogP contribution in [0.2, 0.25) is 0 Å². The molecule has 104 valence electrons. The van der Waals surface area contributed by atoms with Gasteiger partial charge in [0.05, 0.1) is 11.0 Å². The molecule has 0 amide bonds. The number of aromatic nitrogens is 2. The summed E-state index contributed by atoms with van der Waals surface area (Å²) >= 11 is 0. The summed E-state index contributed by atoms with van der Waals surface area (Å²) in [4.78, 5) is 8.20. The number of imidazole rings is 1. The van der Waals surface area contributed by atoms with Gasteiger partial charge in [-0.15, -0.1) is 0 Å². The van der Waals surface area contributed by atoms with Crippen molar-refractivity contribution in [2.75, 3.05) is 0 Å². The standard InChI is InChI=1S/C17H20B2N2/c1-17(2,3)11-6-4-10(5-7-11)16-20-14-9-12(18)8-13(19)15(14)21-16/h4-9H,18-19H2,1-3H3,(H,20,21). The van der Waals surface area contributed by atoms with Crippen molar-refractivity contribution in [3.05, 3.63) is 42.0 Å². The first-order valence-corrected chi connectivity index (χ1v) is 7.42. The quantitative estimate of drug-likeness (QED) is 0.660. The highest BCUT2D eigenvalue weighted by Gasteiger charge is 2.14. The van der Waals surface area contributed by atoms with E-state index in [1.807, 2.05) is 0 Å². The van der Waals surface area contributed by atoms with Gasteiger partial charge in [0.25, 0.3) is 0 Å². The van der Waals surface area contributed by atoms with Crippen LogP contribution in [0.4, 0.5) is 0 Å². The molecule has 1 heterocycles. The van der Waals surface area contributed by atoms with E-state index in [0.717, 1.165) is 22.4 Å². The van der Waals surface area contributed by atoms with Crippen molar-refractivity contribution in [1.82, 2.24) is 9.97 Å². The smallest absolute Gasteiger partial charge is 0.142 e. The van der Waals surface area contributed by atoms with Crippen molar-refractivity contribution in [1.29, 1.82) is 0 Å². The summed E-state index contributed by atoms with van der Waals surface area (Å²) < 4.78 is 0. The molecule has 0 bridgehead atoms. The molecule has 21 heavy (non-hydrogen) atoms. The zero-order valence-electron chi connectivity index (χ0n) is 13.4. The second-order valence-corrected chi connectivity index (χ2v) is 6.89. The molecule has 3 aromatic rings. The molecule has 0 aliphatic heterocycles. The Balaban J connectivity index is 2.06. The molecule has 0 saturated carbocycles. The summed E-state index contributed by atoms with van der Waals surface area (Å²) in [6.07, 6.45) is 0. The number of hydrogen-bond donors (Lipinski definition) is 1. The first kappa shape index (κ1) is 14.0. The van der Waals surface area contributed by atoms with Crippen LogP contribution in [0.25, 0.3) is 22.4 Å². The van der Waals surface area contributed by atoms with E-state index in [4.69, 9.17) is 4.98 Å².